The number of carbonyl (C=O) groups is 3. The van der Waals surface area contributed by atoms with Crippen molar-refractivity contribution in [3.63, 3.8) is 0 Å². The number of ether oxygens (including phenoxy) is 1. The van der Waals surface area contributed by atoms with Gasteiger partial charge in [0.25, 0.3) is 5.91 Å². The van der Waals surface area contributed by atoms with Crippen LogP contribution < -0.4 is 5.32 Å². The Hall–Kier alpha value is -4.36. The first kappa shape index (κ1) is 28.6. The Labute approximate surface area is 235 Å². The first-order valence-corrected chi connectivity index (χ1v) is 14.6. The maximum Gasteiger partial charge on any atom is 0.348 e. The number of thiophene rings is 1. The van der Waals surface area contributed by atoms with Gasteiger partial charge in [-0.25, -0.2) is 18.0 Å². The van der Waals surface area contributed by atoms with Crippen LogP contribution in [-0.2, 0) is 14.8 Å². The highest BCUT2D eigenvalue weighted by atomic mass is 32.2. The van der Waals surface area contributed by atoms with Gasteiger partial charge in [0.2, 0.25) is 10.0 Å². The molecule has 204 valence electrons. The highest BCUT2D eigenvalue weighted by Crippen LogP contribution is 2.30. The van der Waals surface area contributed by atoms with E-state index in [2.05, 4.69) is 5.32 Å². The Bertz CT molecular complexity index is 1670. The lowest BCUT2D eigenvalue weighted by molar-refractivity contribution is 0.0398. The van der Waals surface area contributed by atoms with E-state index in [9.17, 15) is 28.1 Å². The van der Waals surface area contributed by atoms with Crippen molar-refractivity contribution in [2.45, 2.75) is 37.5 Å². The summed E-state index contributed by atoms with van der Waals surface area (Å²) in [6.45, 7) is 2.48. The van der Waals surface area contributed by atoms with E-state index in [1.807, 2.05) is 12.1 Å². The summed E-state index contributed by atoms with van der Waals surface area (Å²) in [6.07, 6.45) is 3.49. The first-order valence-electron chi connectivity index (χ1n) is 12.4. The highest BCUT2D eigenvalue weighted by Gasteiger charge is 2.30. The van der Waals surface area contributed by atoms with Crippen molar-refractivity contribution in [2.24, 2.45) is 0 Å². The number of anilines is 1. The number of nitriles is 2. The fourth-order valence-electron chi connectivity index (χ4n) is 4.24. The van der Waals surface area contributed by atoms with E-state index in [-0.39, 0.29) is 37.7 Å². The number of rotatable bonds is 6. The van der Waals surface area contributed by atoms with Crippen LogP contribution in [0.25, 0.3) is 0 Å². The number of carbonyl (C=O) groups excluding carboxylic acids is 3. The summed E-state index contributed by atoms with van der Waals surface area (Å²) in [5.74, 6) is -2.80. The summed E-state index contributed by atoms with van der Waals surface area (Å²) >= 11 is 1.00. The van der Waals surface area contributed by atoms with Gasteiger partial charge in [0, 0.05) is 18.0 Å². The number of amides is 1. The Balaban J connectivity index is 1.57. The Morgan fingerprint density at radius 3 is 2.27 bits per heavy atom. The van der Waals surface area contributed by atoms with Crippen LogP contribution >= 0.6 is 11.3 Å². The maximum absolute atomic E-state index is 13.3. The molecule has 1 aliphatic rings. The smallest absolute Gasteiger partial charge is 0.348 e. The van der Waals surface area contributed by atoms with Crippen LogP contribution in [0.4, 0.5) is 5.69 Å². The molecular formula is C28H24N4O6S2. The molecule has 4 rings (SSSR count). The third kappa shape index (κ3) is 6.26. The number of aryl methyl sites for hydroxylation is 1. The molecule has 0 radical (unpaired) electrons. The molecule has 12 heteroatoms. The van der Waals surface area contributed by atoms with Gasteiger partial charge in [-0.3, -0.25) is 4.79 Å². The predicted octanol–water partition coefficient (Wildman–Crippen LogP) is 4.61. The van der Waals surface area contributed by atoms with E-state index in [4.69, 9.17) is 10.00 Å². The fourth-order valence-corrected chi connectivity index (χ4v) is 7.22. The average molecular weight is 577 g/mol. The zero-order valence-corrected chi connectivity index (χ0v) is 23.1. The molecule has 1 saturated heterocycles. The fraction of sp³-hybridized carbons (Fsp3) is 0.250. The molecule has 0 atom stereocenters. The van der Waals surface area contributed by atoms with Crippen molar-refractivity contribution in [2.75, 3.05) is 18.4 Å². The molecule has 10 nitrogen and oxygen atoms in total. The molecule has 40 heavy (non-hydrogen) atoms. The molecule has 0 saturated carbocycles. The maximum atomic E-state index is 13.3. The van der Waals surface area contributed by atoms with Gasteiger partial charge >= 0.3 is 11.9 Å². The summed E-state index contributed by atoms with van der Waals surface area (Å²) in [6, 6.07) is 14.6. The molecule has 2 aromatic carbocycles. The molecule has 0 unspecified atom stereocenters. The van der Waals surface area contributed by atoms with Crippen molar-refractivity contribution in [1.29, 1.82) is 10.5 Å². The minimum atomic E-state index is -3.78. The third-order valence-electron chi connectivity index (χ3n) is 6.31. The van der Waals surface area contributed by atoms with Crippen molar-refractivity contribution in [3.8, 4) is 12.1 Å². The van der Waals surface area contributed by atoms with Crippen LogP contribution in [0.5, 0.6) is 0 Å². The van der Waals surface area contributed by atoms with Crippen LogP contribution in [-0.4, -0.2) is 43.7 Å². The molecule has 0 spiro atoms. The molecule has 1 N–H and O–H groups in total. The molecule has 0 aliphatic carbocycles. The van der Waals surface area contributed by atoms with Crippen molar-refractivity contribution in [3.05, 3.63) is 80.5 Å². The Kier molecular flexibility index (Phi) is 8.75. The van der Waals surface area contributed by atoms with Crippen molar-refractivity contribution in [1.82, 2.24) is 4.31 Å². The molecule has 0 bridgehead atoms. The largest absolute Gasteiger partial charge is 0.386 e. The van der Waals surface area contributed by atoms with Crippen molar-refractivity contribution >= 4 is 44.9 Å². The zero-order valence-electron chi connectivity index (χ0n) is 21.5. The van der Waals surface area contributed by atoms with Crippen LogP contribution in [0.3, 0.4) is 0 Å². The Morgan fingerprint density at radius 1 is 0.925 bits per heavy atom. The van der Waals surface area contributed by atoms with Gasteiger partial charge < -0.3 is 10.1 Å². The lowest BCUT2D eigenvalue weighted by atomic mass is 10.1. The molecule has 3 aromatic rings. The van der Waals surface area contributed by atoms with Gasteiger partial charge in [-0.05, 0) is 62.2 Å². The molecule has 1 aromatic heterocycles. The summed E-state index contributed by atoms with van der Waals surface area (Å²) in [7, 11) is -3.78. The number of benzene rings is 2. The molecule has 1 amide bonds. The quantitative estimate of drug-likeness (QED) is 0.329. The van der Waals surface area contributed by atoms with E-state index in [0.29, 0.717) is 18.0 Å². The van der Waals surface area contributed by atoms with Crippen molar-refractivity contribution < 1.29 is 27.5 Å². The van der Waals surface area contributed by atoms with Gasteiger partial charge in [0.05, 0.1) is 49.9 Å². The van der Waals surface area contributed by atoms with Gasteiger partial charge in [-0.15, -0.1) is 11.3 Å². The summed E-state index contributed by atoms with van der Waals surface area (Å²) in [5, 5.41) is 20.9. The number of hydrogen-bond acceptors (Lipinski definition) is 9. The number of nitrogens with zero attached hydrogens (tertiary/aromatic N) is 3. The third-order valence-corrected chi connectivity index (χ3v) is 9.51. The second kappa shape index (κ2) is 12.2. The van der Waals surface area contributed by atoms with Crippen LogP contribution in [0.2, 0.25) is 0 Å². The van der Waals surface area contributed by atoms with Gasteiger partial charge in [-0.1, -0.05) is 18.9 Å². The lowest BCUT2D eigenvalue weighted by Crippen LogP contribution is -2.32. The average Bonchev–Trinajstić information content (AvgIpc) is 3.15. The van der Waals surface area contributed by atoms with Gasteiger partial charge in [0.15, 0.2) is 0 Å². The second-order valence-electron chi connectivity index (χ2n) is 9.05. The Morgan fingerprint density at radius 2 is 1.60 bits per heavy atom. The summed E-state index contributed by atoms with van der Waals surface area (Å²) in [5.41, 5.74) is -0.0217. The first-order chi connectivity index (χ1) is 19.1. The zero-order chi connectivity index (χ0) is 28.9. The number of nitrogens with one attached hydrogen (secondary N) is 1. The standard InChI is InChI=1S/C28H24N4O6S2/c1-18-25(40(36,37)32-11-4-2-3-5-12-32)15-24(39-18)26(33)31-23-10-9-20(17-30)14-22(23)28(35)38-27(34)21-8-6-7-19(13-21)16-29/h6-10,13-15H,2-5,11-12H2,1H3,(H,31,33). The van der Waals surface area contributed by atoms with Crippen LogP contribution in [0, 0.1) is 29.6 Å². The van der Waals surface area contributed by atoms with Gasteiger partial charge in [0.1, 0.15) is 0 Å². The summed E-state index contributed by atoms with van der Waals surface area (Å²) in [4.78, 5) is 39.2. The SMILES string of the molecule is Cc1sc(C(=O)Nc2ccc(C#N)cc2C(=O)OC(=O)c2cccc(C#N)c2)cc1S(=O)(=O)N1CCCCCC1. The molecular weight excluding hydrogens is 552 g/mol. The monoisotopic (exact) mass is 576 g/mol. The topological polar surface area (TPSA) is 157 Å². The molecule has 1 aliphatic heterocycles. The normalized spacial score (nSPS) is 13.9. The summed E-state index contributed by atoms with van der Waals surface area (Å²) < 4.78 is 33.0. The molecule has 2 heterocycles. The minimum absolute atomic E-state index is 0.0263. The minimum Gasteiger partial charge on any atom is -0.386 e. The van der Waals surface area contributed by atoms with E-state index in [1.165, 1.54) is 52.8 Å². The van der Waals surface area contributed by atoms with E-state index < -0.39 is 27.9 Å². The van der Waals surface area contributed by atoms with Crippen LogP contribution in [0.1, 0.15) is 72.1 Å². The van der Waals surface area contributed by atoms with Crippen LogP contribution in [0.15, 0.2) is 53.4 Å². The van der Waals surface area contributed by atoms with Gasteiger partial charge in [-0.2, -0.15) is 14.8 Å². The number of esters is 2. The highest BCUT2D eigenvalue weighted by molar-refractivity contribution is 7.89. The second-order valence-corrected chi connectivity index (χ2v) is 12.2. The number of sulfonamides is 1. The molecule has 1 fully saturated rings. The van der Waals surface area contributed by atoms with E-state index >= 15 is 0 Å². The number of hydrogen-bond donors (Lipinski definition) is 1. The van der Waals surface area contributed by atoms with E-state index in [0.717, 1.165) is 37.0 Å². The predicted molar refractivity (Wildman–Crippen MR) is 146 cm³/mol. The van der Waals surface area contributed by atoms with E-state index in [1.54, 1.807) is 6.92 Å². The lowest BCUT2D eigenvalue weighted by Gasteiger charge is -2.19.